The molecule has 1 fully saturated rings. The van der Waals surface area contributed by atoms with Gasteiger partial charge < -0.3 is 14.8 Å². The number of hydrogen-bond acceptors (Lipinski definition) is 4. The van der Waals surface area contributed by atoms with Crippen molar-refractivity contribution in [3.63, 3.8) is 0 Å². The molecule has 0 bridgehead atoms. The van der Waals surface area contributed by atoms with Gasteiger partial charge in [0.05, 0.1) is 20.3 Å². The van der Waals surface area contributed by atoms with Crippen molar-refractivity contribution in [2.75, 3.05) is 14.2 Å². The number of nitrogens with one attached hydrogen (secondary N) is 1. The van der Waals surface area contributed by atoms with Crippen molar-refractivity contribution in [3.8, 4) is 17.2 Å². The number of amides is 1. The van der Waals surface area contributed by atoms with E-state index in [-0.39, 0.29) is 11.9 Å². The first-order valence-electron chi connectivity index (χ1n) is 9.74. The fourth-order valence-corrected chi connectivity index (χ4v) is 3.49. The van der Waals surface area contributed by atoms with Gasteiger partial charge in [-0.15, -0.1) is 0 Å². The van der Waals surface area contributed by atoms with Gasteiger partial charge in [-0.3, -0.25) is 4.79 Å². The van der Waals surface area contributed by atoms with Crippen molar-refractivity contribution in [2.45, 2.75) is 25.8 Å². The summed E-state index contributed by atoms with van der Waals surface area (Å²) in [7, 11) is 3.27. The van der Waals surface area contributed by atoms with Gasteiger partial charge in [0, 0.05) is 6.20 Å². The van der Waals surface area contributed by atoms with Crippen molar-refractivity contribution in [2.24, 2.45) is 5.92 Å². The third kappa shape index (κ3) is 4.11. The smallest absolute Gasteiger partial charge is 0.272 e. The van der Waals surface area contributed by atoms with Crippen LogP contribution in [0, 0.1) is 12.8 Å². The average molecular weight is 391 g/mol. The number of ether oxygens (including phenoxy) is 2. The molecule has 0 spiro atoms. The lowest BCUT2D eigenvalue weighted by Gasteiger charge is -2.18. The molecule has 1 unspecified atom stereocenters. The molecule has 0 saturated heterocycles. The van der Waals surface area contributed by atoms with E-state index in [9.17, 15) is 4.79 Å². The molecule has 2 aromatic carbocycles. The number of rotatable bonds is 7. The van der Waals surface area contributed by atoms with Crippen LogP contribution in [0.4, 0.5) is 0 Å². The highest BCUT2D eigenvalue weighted by molar-refractivity contribution is 5.92. The van der Waals surface area contributed by atoms with Crippen LogP contribution in [-0.4, -0.2) is 29.9 Å². The fraction of sp³-hybridized carbons (Fsp3) is 0.304. The van der Waals surface area contributed by atoms with Gasteiger partial charge in [0.25, 0.3) is 5.91 Å². The Morgan fingerprint density at radius 2 is 1.86 bits per heavy atom. The summed E-state index contributed by atoms with van der Waals surface area (Å²) in [5.41, 5.74) is 3.37. The molecule has 29 heavy (non-hydrogen) atoms. The highest BCUT2D eigenvalue weighted by Crippen LogP contribution is 2.41. The monoisotopic (exact) mass is 391 g/mol. The highest BCUT2D eigenvalue weighted by Gasteiger charge is 2.34. The number of carbonyl (C=O) groups excluding carboxylic acids is 1. The molecular weight excluding hydrogens is 366 g/mol. The van der Waals surface area contributed by atoms with Crippen LogP contribution in [0.1, 0.15) is 40.5 Å². The molecule has 150 valence electrons. The van der Waals surface area contributed by atoms with Gasteiger partial charge in [-0.2, -0.15) is 5.10 Å². The standard InChI is InChI=1S/C23H25N3O3/c1-15-4-11-21(29-3)20(14-15)26-13-12-19(25-26)23(27)24-22(16-5-6-16)17-7-9-18(28-2)10-8-17/h4,7-14,16,22H,5-6H2,1-3H3,(H,24,27). The molecule has 0 aliphatic heterocycles. The van der Waals surface area contributed by atoms with Crippen molar-refractivity contribution in [1.82, 2.24) is 15.1 Å². The molecule has 1 N–H and O–H groups in total. The Hall–Kier alpha value is -3.28. The lowest BCUT2D eigenvalue weighted by Crippen LogP contribution is -2.30. The van der Waals surface area contributed by atoms with E-state index in [1.54, 1.807) is 31.2 Å². The van der Waals surface area contributed by atoms with Gasteiger partial charge in [-0.25, -0.2) is 4.68 Å². The van der Waals surface area contributed by atoms with Crippen molar-refractivity contribution in [3.05, 3.63) is 71.5 Å². The second-order valence-electron chi connectivity index (χ2n) is 7.38. The van der Waals surface area contributed by atoms with Crippen molar-refractivity contribution in [1.29, 1.82) is 0 Å². The molecular formula is C23H25N3O3. The van der Waals surface area contributed by atoms with E-state index in [0.717, 1.165) is 35.4 Å². The maximum Gasteiger partial charge on any atom is 0.272 e. The van der Waals surface area contributed by atoms with Gasteiger partial charge in [0.15, 0.2) is 5.69 Å². The number of hydrogen-bond donors (Lipinski definition) is 1. The predicted octanol–water partition coefficient (Wildman–Crippen LogP) is 4.08. The second kappa shape index (κ2) is 7.99. The van der Waals surface area contributed by atoms with Crippen LogP contribution in [0.5, 0.6) is 11.5 Å². The Morgan fingerprint density at radius 3 is 2.52 bits per heavy atom. The van der Waals surface area contributed by atoms with E-state index < -0.39 is 0 Å². The lowest BCUT2D eigenvalue weighted by atomic mass is 10.0. The van der Waals surface area contributed by atoms with E-state index in [0.29, 0.717) is 17.4 Å². The quantitative estimate of drug-likeness (QED) is 0.659. The minimum absolute atomic E-state index is 0.0212. The first kappa shape index (κ1) is 19.1. The Labute approximate surface area is 170 Å². The molecule has 6 heteroatoms. The number of aryl methyl sites for hydroxylation is 1. The minimum atomic E-state index is -0.178. The zero-order valence-electron chi connectivity index (χ0n) is 16.9. The fourth-order valence-electron chi connectivity index (χ4n) is 3.49. The first-order valence-corrected chi connectivity index (χ1v) is 9.74. The number of methoxy groups -OCH3 is 2. The summed E-state index contributed by atoms with van der Waals surface area (Å²) in [6, 6.07) is 15.5. The normalized spacial score (nSPS) is 14.3. The number of benzene rings is 2. The lowest BCUT2D eigenvalue weighted by molar-refractivity contribution is 0.0926. The first-order chi connectivity index (χ1) is 14.1. The Bertz CT molecular complexity index is 1010. The number of carbonyl (C=O) groups is 1. The molecule has 1 amide bonds. The molecule has 1 saturated carbocycles. The molecule has 6 nitrogen and oxygen atoms in total. The molecule has 1 aliphatic rings. The molecule has 1 aromatic heterocycles. The summed E-state index contributed by atoms with van der Waals surface area (Å²) in [6.07, 6.45) is 4.02. The van der Waals surface area contributed by atoms with Crippen LogP contribution in [0.15, 0.2) is 54.7 Å². The average Bonchev–Trinajstić information content (AvgIpc) is 3.47. The molecule has 1 heterocycles. The van der Waals surface area contributed by atoms with E-state index in [2.05, 4.69) is 10.4 Å². The Balaban J connectivity index is 1.54. The van der Waals surface area contributed by atoms with Crippen LogP contribution in [0.2, 0.25) is 0 Å². The summed E-state index contributed by atoms with van der Waals surface area (Å²) in [6.45, 7) is 2.01. The maximum absolute atomic E-state index is 12.9. The Morgan fingerprint density at radius 1 is 1.10 bits per heavy atom. The van der Waals surface area contributed by atoms with Crippen LogP contribution < -0.4 is 14.8 Å². The zero-order valence-corrected chi connectivity index (χ0v) is 16.9. The molecule has 1 atom stereocenters. The van der Waals surface area contributed by atoms with E-state index in [4.69, 9.17) is 9.47 Å². The Kier molecular flexibility index (Phi) is 5.25. The van der Waals surface area contributed by atoms with Crippen LogP contribution in [0.25, 0.3) is 5.69 Å². The van der Waals surface area contributed by atoms with Crippen molar-refractivity contribution < 1.29 is 14.3 Å². The number of nitrogens with zero attached hydrogens (tertiary/aromatic N) is 2. The van der Waals surface area contributed by atoms with Gasteiger partial charge in [-0.1, -0.05) is 18.2 Å². The summed E-state index contributed by atoms with van der Waals surface area (Å²) in [5, 5.41) is 7.66. The van der Waals surface area contributed by atoms with E-state index >= 15 is 0 Å². The second-order valence-corrected chi connectivity index (χ2v) is 7.38. The van der Waals surface area contributed by atoms with Crippen LogP contribution >= 0.6 is 0 Å². The van der Waals surface area contributed by atoms with Crippen LogP contribution in [0.3, 0.4) is 0 Å². The SMILES string of the molecule is COc1ccc(C(NC(=O)c2ccn(-c3cc(C)ccc3OC)n2)C2CC2)cc1. The summed E-state index contributed by atoms with van der Waals surface area (Å²) in [5.74, 6) is 1.80. The van der Waals surface area contributed by atoms with Crippen molar-refractivity contribution >= 4 is 5.91 Å². The zero-order chi connectivity index (χ0) is 20.4. The predicted molar refractivity (Wildman–Crippen MR) is 111 cm³/mol. The molecule has 3 aromatic rings. The van der Waals surface area contributed by atoms with Crippen LogP contribution in [-0.2, 0) is 0 Å². The van der Waals surface area contributed by atoms with Gasteiger partial charge >= 0.3 is 0 Å². The summed E-state index contributed by atoms with van der Waals surface area (Å²) >= 11 is 0. The van der Waals surface area contributed by atoms with Gasteiger partial charge in [0.1, 0.15) is 17.2 Å². The minimum Gasteiger partial charge on any atom is -0.497 e. The molecule has 4 rings (SSSR count). The van der Waals surface area contributed by atoms with E-state index in [1.807, 2.05) is 49.4 Å². The molecule has 1 aliphatic carbocycles. The maximum atomic E-state index is 12.9. The molecule has 0 radical (unpaired) electrons. The largest absolute Gasteiger partial charge is 0.497 e. The third-order valence-electron chi connectivity index (χ3n) is 5.26. The summed E-state index contributed by atoms with van der Waals surface area (Å²) in [4.78, 5) is 12.9. The van der Waals surface area contributed by atoms with Gasteiger partial charge in [0.2, 0.25) is 0 Å². The summed E-state index contributed by atoms with van der Waals surface area (Å²) < 4.78 is 12.4. The van der Waals surface area contributed by atoms with E-state index in [1.165, 1.54) is 0 Å². The third-order valence-corrected chi connectivity index (χ3v) is 5.26. The topological polar surface area (TPSA) is 65.4 Å². The van der Waals surface area contributed by atoms with Gasteiger partial charge in [-0.05, 0) is 67.1 Å². The number of aromatic nitrogens is 2. The highest BCUT2D eigenvalue weighted by atomic mass is 16.5.